The molecule has 0 fully saturated rings. The fourth-order valence-electron chi connectivity index (χ4n) is 2.44. The zero-order valence-corrected chi connectivity index (χ0v) is 16.8. The van der Waals surface area contributed by atoms with E-state index in [4.69, 9.17) is 22.1 Å². The van der Waals surface area contributed by atoms with Crippen LogP contribution in [-0.4, -0.2) is 17.1 Å². The first-order valence-corrected chi connectivity index (χ1v) is 9.80. The molecule has 0 bridgehead atoms. The number of anilines is 1. The highest BCUT2D eigenvalue weighted by Gasteiger charge is 2.15. The molecule has 3 rings (SSSR count). The molecule has 0 spiro atoms. The summed E-state index contributed by atoms with van der Waals surface area (Å²) in [5.41, 5.74) is 10.7. The number of aryl methyl sites for hydroxylation is 1. The van der Waals surface area contributed by atoms with E-state index >= 15 is 0 Å². The van der Waals surface area contributed by atoms with E-state index in [0.29, 0.717) is 39.5 Å². The van der Waals surface area contributed by atoms with Gasteiger partial charge >= 0.3 is 0 Å². The van der Waals surface area contributed by atoms with Crippen LogP contribution < -0.4 is 15.9 Å². The van der Waals surface area contributed by atoms with Gasteiger partial charge in [-0.05, 0) is 41.8 Å². The number of carbonyl (C=O) groups is 1. The monoisotopic (exact) mass is 414 g/mol. The summed E-state index contributed by atoms with van der Waals surface area (Å²) in [6, 6.07) is 14.9. The molecule has 1 amide bonds. The van der Waals surface area contributed by atoms with Crippen LogP contribution >= 0.6 is 22.9 Å². The maximum atomic E-state index is 12.2. The van der Waals surface area contributed by atoms with Crippen molar-refractivity contribution in [3.63, 3.8) is 0 Å². The molecule has 0 aliphatic heterocycles. The number of carbonyl (C=O) groups excluding carboxylic acids is 1. The second kappa shape index (κ2) is 9.34. The van der Waals surface area contributed by atoms with Gasteiger partial charge in [-0.3, -0.25) is 4.79 Å². The van der Waals surface area contributed by atoms with Crippen molar-refractivity contribution in [2.24, 2.45) is 5.10 Å². The minimum atomic E-state index is -0.322. The Morgan fingerprint density at radius 3 is 2.86 bits per heavy atom. The number of nitrogens with two attached hydrogens (primary N) is 1. The highest BCUT2D eigenvalue weighted by atomic mass is 35.5. The summed E-state index contributed by atoms with van der Waals surface area (Å²) >= 11 is 7.04. The number of hydrazone groups is 1. The van der Waals surface area contributed by atoms with Gasteiger partial charge in [-0.15, -0.1) is 0 Å². The third-order valence-corrected chi connectivity index (χ3v) is 4.99. The largest absolute Gasteiger partial charge is 0.489 e. The van der Waals surface area contributed by atoms with E-state index in [9.17, 15) is 4.79 Å². The third-order valence-electron chi connectivity index (χ3n) is 3.81. The van der Waals surface area contributed by atoms with E-state index in [1.807, 2.05) is 55.5 Å². The van der Waals surface area contributed by atoms with Crippen molar-refractivity contribution in [2.45, 2.75) is 20.0 Å². The molecule has 2 aromatic carbocycles. The SMILES string of the molecule is CCc1nc(N)sc1C(=O)N/N=C\c1cccc(OCc2ccc(Cl)cc2)c1. The maximum absolute atomic E-state index is 12.2. The van der Waals surface area contributed by atoms with E-state index in [1.54, 1.807) is 6.21 Å². The van der Waals surface area contributed by atoms with Gasteiger partial charge in [0.1, 0.15) is 17.2 Å². The van der Waals surface area contributed by atoms with Crippen LogP contribution in [0.3, 0.4) is 0 Å². The molecule has 1 aromatic heterocycles. The summed E-state index contributed by atoms with van der Waals surface area (Å²) in [6.07, 6.45) is 2.19. The van der Waals surface area contributed by atoms with Crippen molar-refractivity contribution in [3.05, 3.63) is 75.3 Å². The van der Waals surface area contributed by atoms with Crippen LogP contribution in [0.2, 0.25) is 5.02 Å². The normalized spacial score (nSPS) is 10.9. The molecule has 0 saturated carbocycles. The fraction of sp³-hybridized carbons (Fsp3) is 0.150. The van der Waals surface area contributed by atoms with E-state index in [1.165, 1.54) is 0 Å². The Bertz CT molecular complexity index is 986. The first kappa shape index (κ1) is 19.9. The van der Waals surface area contributed by atoms with Gasteiger partial charge in [0.05, 0.1) is 11.9 Å². The van der Waals surface area contributed by atoms with Gasteiger partial charge in [0.2, 0.25) is 0 Å². The molecule has 3 aromatic rings. The second-order valence-electron chi connectivity index (χ2n) is 5.87. The number of aromatic nitrogens is 1. The van der Waals surface area contributed by atoms with Gasteiger partial charge < -0.3 is 10.5 Å². The van der Waals surface area contributed by atoms with Crippen molar-refractivity contribution in [1.82, 2.24) is 10.4 Å². The molecule has 1 heterocycles. The first-order chi connectivity index (χ1) is 13.5. The number of benzene rings is 2. The van der Waals surface area contributed by atoms with Gasteiger partial charge in [-0.25, -0.2) is 10.4 Å². The van der Waals surface area contributed by atoms with Crippen molar-refractivity contribution in [2.75, 3.05) is 5.73 Å². The molecule has 8 heteroatoms. The zero-order chi connectivity index (χ0) is 19.9. The maximum Gasteiger partial charge on any atom is 0.283 e. The molecule has 0 aliphatic rings. The summed E-state index contributed by atoms with van der Waals surface area (Å²) in [4.78, 5) is 16.9. The van der Waals surface area contributed by atoms with Crippen LogP contribution in [0, 0.1) is 0 Å². The van der Waals surface area contributed by atoms with Crippen molar-refractivity contribution in [1.29, 1.82) is 0 Å². The first-order valence-electron chi connectivity index (χ1n) is 8.61. The summed E-state index contributed by atoms with van der Waals surface area (Å²) in [7, 11) is 0. The Balaban J connectivity index is 1.59. The molecule has 144 valence electrons. The lowest BCUT2D eigenvalue weighted by Crippen LogP contribution is -2.17. The average Bonchev–Trinajstić information content (AvgIpc) is 3.09. The van der Waals surface area contributed by atoms with E-state index in [2.05, 4.69) is 15.5 Å². The minimum absolute atomic E-state index is 0.322. The van der Waals surface area contributed by atoms with Crippen LogP contribution in [0.5, 0.6) is 5.75 Å². The zero-order valence-electron chi connectivity index (χ0n) is 15.2. The number of nitrogens with one attached hydrogen (secondary N) is 1. The Morgan fingerprint density at radius 2 is 2.11 bits per heavy atom. The number of halogens is 1. The third kappa shape index (κ3) is 5.31. The topological polar surface area (TPSA) is 89.6 Å². The van der Waals surface area contributed by atoms with Gasteiger partial charge in [0.25, 0.3) is 5.91 Å². The Labute approximate surface area is 172 Å². The van der Waals surface area contributed by atoms with Gasteiger partial charge in [0.15, 0.2) is 5.13 Å². The number of nitrogen functional groups attached to an aromatic ring is 1. The van der Waals surface area contributed by atoms with E-state index in [0.717, 1.165) is 22.5 Å². The lowest BCUT2D eigenvalue weighted by molar-refractivity contribution is 0.0958. The number of ether oxygens (including phenoxy) is 1. The smallest absolute Gasteiger partial charge is 0.283 e. The molecule has 3 N–H and O–H groups in total. The number of hydrogen-bond donors (Lipinski definition) is 2. The molecule has 0 atom stereocenters. The number of amides is 1. The van der Waals surface area contributed by atoms with Crippen LogP contribution in [-0.2, 0) is 13.0 Å². The minimum Gasteiger partial charge on any atom is -0.489 e. The van der Waals surface area contributed by atoms with Crippen LogP contribution in [0.15, 0.2) is 53.6 Å². The molecule has 0 saturated heterocycles. The number of rotatable bonds is 7. The summed E-state index contributed by atoms with van der Waals surface area (Å²) in [6.45, 7) is 2.35. The number of thiazole rings is 1. The molecule has 28 heavy (non-hydrogen) atoms. The molecular weight excluding hydrogens is 396 g/mol. The molecule has 6 nitrogen and oxygen atoms in total. The summed E-state index contributed by atoms with van der Waals surface area (Å²) in [5.74, 6) is 0.381. The number of nitrogens with zero attached hydrogens (tertiary/aromatic N) is 2. The average molecular weight is 415 g/mol. The van der Waals surface area contributed by atoms with Crippen LogP contribution in [0.1, 0.15) is 33.4 Å². The standard InChI is InChI=1S/C20H19ClN4O2S/c1-2-17-18(28-20(22)24-17)19(26)25-23-11-14-4-3-5-16(10-14)27-12-13-6-8-15(21)9-7-13/h3-11H,2,12H2,1H3,(H2,22,24)(H,25,26)/b23-11-. The molecule has 0 radical (unpaired) electrons. The van der Waals surface area contributed by atoms with Crippen LogP contribution in [0.4, 0.5) is 5.13 Å². The highest BCUT2D eigenvalue weighted by molar-refractivity contribution is 7.17. The molecule has 0 unspecified atom stereocenters. The summed E-state index contributed by atoms with van der Waals surface area (Å²) < 4.78 is 5.79. The van der Waals surface area contributed by atoms with Gasteiger partial charge in [-0.1, -0.05) is 54.1 Å². The fourth-order valence-corrected chi connectivity index (χ4v) is 3.37. The van der Waals surface area contributed by atoms with Gasteiger partial charge in [0, 0.05) is 5.02 Å². The molecule has 0 aliphatic carbocycles. The summed E-state index contributed by atoms with van der Waals surface area (Å²) in [5, 5.41) is 5.08. The van der Waals surface area contributed by atoms with Crippen molar-refractivity contribution < 1.29 is 9.53 Å². The molecular formula is C20H19ClN4O2S. The Morgan fingerprint density at radius 1 is 1.32 bits per heavy atom. The lowest BCUT2D eigenvalue weighted by Gasteiger charge is -2.07. The second-order valence-corrected chi connectivity index (χ2v) is 7.34. The predicted molar refractivity (Wildman–Crippen MR) is 113 cm³/mol. The highest BCUT2D eigenvalue weighted by Crippen LogP contribution is 2.20. The van der Waals surface area contributed by atoms with Crippen molar-refractivity contribution >= 4 is 40.2 Å². The predicted octanol–water partition coefficient (Wildman–Crippen LogP) is 4.28. The van der Waals surface area contributed by atoms with E-state index < -0.39 is 0 Å². The van der Waals surface area contributed by atoms with Crippen molar-refractivity contribution in [3.8, 4) is 5.75 Å². The quantitative estimate of drug-likeness (QED) is 0.446. The lowest BCUT2D eigenvalue weighted by atomic mass is 10.2. The number of hydrogen-bond acceptors (Lipinski definition) is 6. The van der Waals surface area contributed by atoms with Gasteiger partial charge in [-0.2, -0.15) is 5.10 Å². The Kier molecular flexibility index (Phi) is 6.62. The Hall–Kier alpha value is -2.90. The van der Waals surface area contributed by atoms with Crippen LogP contribution in [0.25, 0.3) is 0 Å². The van der Waals surface area contributed by atoms with E-state index in [-0.39, 0.29) is 5.91 Å².